The van der Waals surface area contributed by atoms with Crippen molar-refractivity contribution in [2.45, 2.75) is 11.3 Å². The Morgan fingerprint density at radius 3 is 2.00 bits per heavy atom. The van der Waals surface area contributed by atoms with Crippen LogP contribution in [-0.2, 0) is 9.59 Å². The first-order valence-corrected chi connectivity index (χ1v) is 4.62. The van der Waals surface area contributed by atoms with Gasteiger partial charge in [0, 0.05) is 0 Å². The molecule has 80 valence electrons. The Morgan fingerprint density at radius 1 is 1.07 bits per heavy atom. The van der Waals surface area contributed by atoms with Gasteiger partial charge in [-0.05, 0) is 5.56 Å². The number of rotatable bonds is 4. The lowest BCUT2D eigenvalue weighted by Crippen LogP contribution is -2.28. The van der Waals surface area contributed by atoms with E-state index in [4.69, 9.17) is 21.8 Å². The maximum absolute atomic E-state index is 10.9. The van der Waals surface area contributed by atoms with Crippen LogP contribution < -0.4 is 0 Å². The molecule has 0 saturated heterocycles. The number of halogens is 1. The van der Waals surface area contributed by atoms with Crippen LogP contribution in [0.5, 0.6) is 0 Å². The van der Waals surface area contributed by atoms with Crippen molar-refractivity contribution in [1.82, 2.24) is 0 Å². The minimum absolute atomic E-state index is 0.382. The minimum Gasteiger partial charge on any atom is -0.481 e. The standard InChI is InChI=1S/C10H9ClO4/c11-8(10(14)15)7(9(12)13)6-4-2-1-3-5-6/h1-5,7-8H,(H,12,13)(H,14,15)/t7-,8+/m1/s1. The molecule has 0 aliphatic carbocycles. The van der Waals surface area contributed by atoms with Gasteiger partial charge in [-0.2, -0.15) is 0 Å². The maximum atomic E-state index is 10.9. The lowest BCUT2D eigenvalue weighted by Gasteiger charge is -2.14. The smallest absolute Gasteiger partial charge is 0.322 e. The summed E-state index contributed by atoms with van der Waals surface area (Å²) in [5.74, 6) is -3.82. The van der Waals surface area contributed by atoms with Gasteiger partial charge in [0.15, 0.2) is 0 Å². The molecule has 1 rings (SSSR count). The molecule has 0 heterocycles. The summed E-state index contributed by atoms with van der Waals surface area (Å²) < 4.78 is 0. The number of alkyl halides is 1. The van der Waals surface area contributed by atoms with Crippen molar-refractivity contribution in [1.29, 1.82) is 0 Å². The Bertz CT molecular complexity index is 363. The van der Waals surface area contributed by atoms with E-state index in [9.17, 15) is 9.59 Å². The third-order valence-electron chi connectivity index (χ3n) is 1.95. The first kappa shape index (κ1) is 11.5. The van der Waals surface area contributed by atoms with E-state index in [2.05, 4.69) is 0 Å². The fourth-order valence-electron chi connectivity index (χ4n) is 1.24. The average Bonchev–Trinajstić information content (AvgIpc) is 2.18. The Hall–Kier alpha value is -1.55. The molecule has 0 spiro atoms. The Kier molecular flexibility index (Phi) is 3.68. The van der Waals surface area contributed by atoms with Crippen molar-refractivity contribution in [3.05, 3.63) is 35.9 Å². The third kappa shape index (κ3) is 2.70. The lowest BCUT2D eigenvalue weighted by molar-refractivity contribution is -0.144. The van der Waals surface area contributed by atoms with Gasteiger partial charge >= 0.3 is 11.9 Å². The molecule has 0 saturated carbocycles. The van der Waals surface area contributed by atoms with E-state index in [1.54, 1.807) is 18.2 Å². The molecule has 0 aliphatic rings. The number of carbonyl (C=O) groups is 2. The highest BCUT2D eigenvalue weighted by atomic mass is 35.5. The second-order valence-corrected chi connectivity index (χ2v) is 3.44. The molecule has 0 bridgehead atoms. The summed E-state index contributed by atoms with van der Waals surface area (Å²) in [6.45, 7) is 0. The van der Waals surface area contributed by atoms with E-state index < -0.39 is 23.2 Å². The van der Waals surface area contributed by atoms with Gasteiger partial charge in [-0.1, -0.05) is 30.3 Å². The number of aliphatic carboxylic acids is 2. The molecule has 0 unspecified atom stereocenters. The Labute approximate surface area is 91.1 Å². The molecule has 0 radical (unpaired) electrons. The molecule has 1 aromatic carbocycles. The van der Waals surface area contributed by atoms with Gasteiger partial charge in [0.05, 0.1) is 0 Å². The van der Waals surface area contributed by atoms with Crippen LogP contribution in [0.1, 0.15) is 11.5 Å². The summed E-state index contributed by atoms with van der Waals surface area (Å²) in [4.78, 5) is 21.5. The molecular formula is C10H9ClO4. The number of carboxylic acid groups (broad SMARTS) is 2. The molecule has 0 aliphatic heterocycles. The van der Waals surface area contributed by atoms with Gasteiger partial charge < -0.3 is 10.2 Å². The Balaban J connectivity index is 3.04. The van der Waals surface area contributed by atoms with E-state index in [1.165, 1.54) is 12.1 Å². The monoisotopic (exact) mass is 228 g/mol. The Morgan fingerprint density at radius 2 is 1.60 bits per heavy atom. The van der Waals surface area contributed by atoms with Crippen LogP contribution >= 0.6 is 11.6 Å². The van der Waals surface area contributed by atoms with Crippen LogP contribution in [0.25, 0.3) is 0 Å². The molecular weight excluding hydrogens is 220 g/mol. The van der Waals surface area contributed by atoms with E-state index in [-0.39, 0.29) is 0 Å². The second kappa shape index (κ2) is 4.79. The zero-order valence-electron chi connectivity index (χ0n) is 7.63. The SMILES string of the molecule is O=C(O)[C@@H](Cl)[C@H](C(=O)O)c1ccccc1. The van der Waals surface area contributed by atoms with Crippen molar-refractivity contribution in [3.63, 3.8) is 0 Å². The van der Waals surface area contributed by atoms with Crippen molar-refractivity contribution in [2.75, 3.05) is 0 Å². The average molecular weight is 229 g/mol. The van der Waals surface area contributed by atoms with Gasteiger partial charge in [-0.15, -0.1) is 11.6 Å². The highest BCUT2D eigenvalue weighted by Crippen LogP contribution is 2.24. The predicted molar refractivity (Wildman–Crippen MR) is 54.1 cm³/mol. The van der Waals surface area contributed by atoms with Crippen LogP contribution in [0.4, 0.5) is 0 Å². The minimum atomic E-state index is -1.47. The molecule has 5 heteroatoms. The normalized spacial score (nSPS) is 14.2. The molecule has 2 N–H and O–H groups in total. The van der Waals surface area contributed by atoms with Crippen LogP contribution in [0.3, 0.4) is 0 Å². The van der Waals surface area contributed by atoms with Crippen LogP contribution in [-0.4, -0.2) is 27.5 Å². The first-order chi connectivity index (χ1) is 7.04. The van der Waals surface area contributed by atoms with Crippen molar-refractivity contribution in [2.24, 2.45) is 0 Å². The molecule has 0 fully saturated rings. The molecule has 0 aromatic heterocycles. The number of hydrogen-bond donors (Lipinski definition) is 2. The van der Waals surface area contributed by atoms with Crippen LogP contribution in [0.2, 0.25) is 0 Å². The fraction of sp³-hybridized carbons (Fsp3) is 0.200. The van der Waals surface area contributed by atoms with Crippen molar-refractivity contribution < 1.29 is 19.8 Å². The molecule has 1 aromatic rings. The van der Waals surface area contributed by atoms with Crippen LogP contribution in [0, 0.1) is 0 Å². The maximum Gasteiger partial charge on any atom is 0.322 e. The summed E-state index contributed by atoms with van der Waals surface area (Å²) in [6, 6.07) is 8.06. The summed E-state index contributed by atoms with van der Waals surface area (Å²) >= 11 is 5.53. The molecule has 2 atom stereocenters. The van der Waals surface area contributed by atoms with Gasteiger partial charge in [0.2, 0.25) is 0 Å². The largest absolute Gasteiger partial charge is 0.481 e. The number of hydrogen-bond acceptors (Lipinski definition) is 2. The van der Waals surface area contributed by atoms with Crippen molar-refractivity contribution in [3.8, 4) is 0 Å². The van der Waals surface area contributed by atoms with Crippen molar-refractivity contribution >= 4 is 23.5 Å². The van der Waals surface area contributed by atoms with Gasteiger partial charge in [0.1, 0.15) is 11.3 Å². The zero-order chi connectivity index (χ0) is 11.4. The van der Waals surface area contributed by atoms with Crippen LogP contribution in [0.15, 0.2) is 30.3 Å². The van der Waals surface area contributed by atoms with E-state index >= 15 is 0 Å². The quantitative estimate of drug-likeness (QED) is 0.767. The second-order valence-electron chi connectivity index (χ2n) is 2.97. The van der Waals surface area contributed by atoms with E-state index in [1.807, 2.05) is 0 Å². The highest BCUT2D eigenvalue weighted by Gasteiger charge is 2.33. The first-order valence-electron chi connectivity index (χ1n) is 4.18. The molecule has 0 amide bonds. The van der Waals surface area contributed by atoms with E-state index in [0.717, 1.165) is 0 Å². The fourth-order valence-corrected chi connectivity index (χ4v) is 1.49. The number of carboxylic acids is 2. The van der Waals surface area contributed by atoms with Gasteiger partial charge in [-0.3, -0.25) is 9.59 Å². The van der Waals surface area contributed by atoms with E-state index in [0.29, 0.717) is 5.56 Å². The third-order valence-corrected chi connectivity index (χ3v) is 2.39. The topological polar surface area (TPSA) is 74.6 Å². The number of benzene rings is 1. The summed E-state index contributed by atoms with van der Waals surface area (Å²) in [5.41, 5.74) is 0.382. The molecule has 4 nitrogen and oxygen atoms in total. The lowest BCUT2D eigenvalue weighted by atomic mass is 9.95. The van der Waals surface area contributed by atoms with Gasteiger partial charge in [0.25, 0.3) is 0 Å². The summed E-state index contributed by atoms with van der Waals surface area (Å²) in [6.07, 6.45) is 0. The highest BCUT2D eigenvalue weighted by molar-refractivity contribution is 6.31. The summed E-state index contributed by atoms with van der Waals surface area (Å²) in [5, 5.41) is 16.1. The molecule has 15 heavy (non-hydrogen) atoms. The van der Waals surface area contributed by atoms with Gasteiger partial charge in [-0.25, -0.2) is 0 Å². The summed E-state index contributed by atoms with van der Waals surface area (Å²) in [7, 11) is 0. The zero-order valence-corrected chi connectivity index (χ0v) is 8.39. The predicted octanol–water partition coefficient (Wildman–Crippen LogP) is 1.55.